The van der Waals surface area contributed by atoms with Gasteiger partial charge in [0.25, 0.3) is 0 Å². The Bertz CT molecular complexity index is 236. The van der Waals surface area contributed by atoms with Gasteiger partial charge in [0.15, 0.2) is 0 Å². The van der Waals surface area contributed by atoms with Gasteiger partial charge in [-0.3, -0.25) is 9.59 Å². The topological polar surface area (TPSA) is 84.2 Å². The standard InChI is InChI=1S/C9H17N3O2/c1-11-7(13)2-5-12-8(14)9(6-10)3-4-9/h2-6,10H2,1H3,(H,11,13)(H,12,14). The number of hydrogen-bond acceptors (Lipinski definition) is 3. The smallest absolute Gasteiger partial charge is 0.227 e. The van der Waals surface area contributed by atoms with Gasteiger partial charge in [0.2, 0.25) is 11.8 Å². The second-order valence-corrected chi connectivity index (χ2v) is 3.66. The van der Waals surface area contributed by atoms with Crippen LogP contribution in [0, 0.1) is 5.41 Å². The van der Waals surface area contributed by atoms with E-state index in [1.165, 1.54) is 0 Å². The number of hydrogen-bond donors (Lipinski definition) is 3. The highest BCUT2D eigenvalue weighted by atomic mass is 16.2. The molecule has 5 heteroatoms. The maximum atomic E-state index is 11.5. The summed E-state index contributed by atoms with van der Waals surface area (Å²) in [5.74, 6) is -0.0770. The Labute approximate surface area is 83.4 Å². The zero-order valence-electron chi connectivity index (χ0n) is 8.43. The number of amides is 2. The number of rotatable bonds is 5. The predicted molar refractivity (Wildman–Crippen MR) is 52.4 cm³/mol. The first-order valence-electron chi connectivity index (χ1n) is 4.83. The lowest BCUT2D eigenvalue weighted by molar-refractivity contribution is -0.126. The highest BCUT2D eigenvalue weighted by Gasteiger charge is 2.48. The van der Waals surface area contributed by atoms with Crippen LogP contribution < -0.4 is 16.4 Å². The fourth-order valence-corrected chi connectivity index (χ4v) is 1.28. The van der Waals surface area contributed by atoms with E-state index in [0.29, 0.717) is 19.5 Å². The van der Waals surface area contributed by atoms with Gasteiger partial charge in [-0.05, 0) is 12.8 Å². The SMILES string of the molecule is CNC(=O)CCNC(=O)C1(CN)CC1. The van der Waals surface area contributed by atoms with Crippen molar-refractivity contribution in [3.63, 3.8) is 0 Å². The number of nitrogens with two attached hydrogens (primary N) is 1. The summed E-state index contributed by atoms with van der Waals surface area (Å²) in [6.07, 6.45) is 2.06. The maximum absolute atomic E-state index is 11.5. The molecule has 0 heterocycles. The molecule has 1 saturated carbocycles. The molecule has 0 aromatic heterocycles. The second-order valence-electron chi connectivity index (χ2n) is 3.66. The largest absolute Gasteiger partial charge is 0.359 e. The Kier molecular flexibility index (Phi) is 3.46. The van der Waals surface area contributed by atoms with Crippen LogP contribution in [0.25, 0.3) is 0 Å². The van der Waals surface area contributed by atoms with Gasteiger partial charge in [-0.2, -0.15) is 0 Å². The average molecular weight is 199 g/mol. The molecule has 0 radical (unpaired) electrons. The molecule has 5 nitrogen and oxygen atoms in total. The molecule has 1 aliphatic carbocycles. The highest BCUT2D eigenvalue weighted by molar-refractivity contribution is 5.86. The summed E-state index contributed by atoms with van der Waals surface area (Å²) in [7, 11) is 1.58. The van der Waals surface area contributed by atoms with Gasteiger partial charge in [-0.25, -0.2) is 0 Å². The third kappa shape index (κ3) is 2.45. The van der Waals surface area contributed by atoms with E-state index in [2.05, 4.69) is 10.6 Å². The summed E-state index contributed by atoms with van der Waals surface area (Å²) in [6, 6.07) is 0. The summed E-state index contributed by atoms with van der Waals surface area (Å²) in [5, 5.41) is 5.21. The van der Waals surface area contributed by atoms with Gasteiger partial charge < -0.3 is 16.4 Å². The molecule has 0 spiro atoms. The summed E-state index contributed by atoms with van der Waals surface area (Å²) in [6.45, 7) is 0.791. The normalized spacial score (nSPS) is 17.3. The van der Waals surface area contributed by atoms with Gasteiger partial charge >= 0.3 is 0 Å². The molecule has 0 atom stereocenters. The number of carbonyl (C=O) groups is 2. The minimum Gasteiger partial charge on any atom is -0.359 e. The van der Waals surface area contributed by atoms with E-state index in [1.807, 2.05) is 0 Å². The van der Waals surface area contributed by atoms with Crippen molar-refractivity contribution in [2.75, 3.05) is 20.1 Å². The summed E-state index contributed by atoms with van der Waals surface area (Å²) >= 11 is 0. The van der Waals surface area contributed by atoms with Crippen molar-refractivity contribution in [2.45, 2.75) is 19.3 Å². The number of nitrogens with one attached hydrogen (secondary N) is 2. The fraction of sp³-hybridized carbons (Fsp3) is 0.778. The second kappa shape index (κ2) is 4.41. The van der Waals surface area contributed by atoms with Crippen molar-refractivity contribution in [2.24, 2.45) is 11.1 Å². The molecule has 0 saturated heterocycles. The predicted octanol–water partition coefficient (Wildman–Crippen LogP) is -1.02. The lowest BCUT2D eigenvalue weighted by atomic mass is 10.1. The molecule has 14 heavy (non-hydrogen) atoms. The van der Waals surface area contributed by atoms with E-state index in [-0.39, 0.29) is 17.2 Å². The van der Waals surface area contributed by atoms with E-state index in [9.17, 15) is 9.59 Å². The first kappa shape index (κ1) is 11.0. The minimum atomic E-state index is -0.317. The van der Waals surface area contributed by atoms with Crippen LogP contribution in [0.4, 0.5) is 0 Å². The Hall–Kier alpha value is -1.10. The lowest BCUT2D eigenvalue weighted by Crippen LogP contribution is -2.38. The van der Waals surface area contributed by atoms with Crippen LogP contribution in [0.3, 0.4) is 0 Å². The van der Waals surface area contributed by atoms with Crippen molar-refractivity contribution < 1.29 is 9.59 Å². The first-order chi connectivity index (χ1) is 6.64. The molecule has 0 unspecified atom stereocenters. The van der Waals surface area contributed by atoms with Crippen LogP contribution in [0.1, 0.15) is 19.3 Å². The van der Waals surface area contributed by atoms with Crippen LogP contribution >= 0.6 is 0 Å². The van der Waals surface area contributed by atoms with E-state index < -0.39 is 0 Å². The van der Waals surface area contributed by atoms with Gasteiger partial charge in [0, 0.05) is 26.6 Å². The fourth-order valence-electron chi connectivity index (χ4n) is 1.28. The summed E-state index contributed by atoms with van der Waals surface area (Å²) in [5.41, 5.74) is 5.17. The Balaban J connectivity index is 2.19. The molecule has 0 aromatic carbocycles. The van der Waals surface area contributed by atoms with Gasteiger partial charge in [0.05, 0.1) is 5.41 Å². The molecule has 1 rings (SSSR count). The molecular formula is C9H17N3O2. The van der Waals surface area contributed by atoms with Crippen LogP contribution in [0.15, 0.2) is 0 Å². The molecule has 0 aromatic rings. The van der Waals surface area contributed by atoms with Gasteiger partial charge in [-0.1, -0.05) is 0 Å². The maximum Gasteiger partial charge on any atom is 0.227 e. The van der Waals surface area contributed by atoms with E-state index in [1.54, 1.807) is 7.05 Å². The zero-order valence-corrected chi connectivity index (χ0v) is 8.43. The Morgan fingerprint density at radius 1 is 1.43 bits per heavy atom. The van der Waals surface area contributed by atoms with Crippen molar-refractivity contribution in [1.82, 2.24) is 10.6 Å². The third-order valence-electron chi connectivity index (χ3n) is 2.64. The first-order valence-corrected chi connectivity index (χ1v) is 4.83. The quantitative estimate of drug-likeness (QED) is 0.530. The third-order valence-corrected chi connectivity index (χ3v) is 2.64. The number of carbonyl (C=O) groups excluding carboxylic acids is 2. The van der Waals surface area contributed by atoms with Crippen molar-refractivity contribution in [3.05, 3.63) is 0 Å². The zero-order chi connectivity index (χ0) is 10.6. The molecule has 1 fully saturated rings. The van der Waals surface area contributed by atoms with Gasteiger partial charge in [0.1, 0.15) is 0 Å². The summed E-state index contributed by atoms with van der Waals surface area (Å²) in [4.78, 5) is 22.3. The molecule has 2 amide bonds. The molecule has 4 N–H and O–H groups in total. The van der Waals surface area contributed by atoms with Crippen LogP contribution in [-0.4, -0.2) is 32.0 Å². The highest BCUT2D eigenvalue weighted by Crippen LogP contribution is 2.44. The van der Waals surface area contributed by atoms with E-state index in [4.69, 9.17) is 5.73 Å². The van der Waals surface area contributed by atoms with Crippen molar-refractivity contribution >= 4 is 11.8 Å². The van der Waals surface area contributed by atoms with Crippen molar-refractivity contribution in [1.29, 1.82) is 0 Å². The average Bonchev–Trinajstić information content (AvgIpc) is 2.98. The molecule has 0 aliphatic heterocycles. The molecular weight excluding hydrogens is 182 g/mol. The lowest BCUT2D eigenvalue weighted by Gasteiger charge is -2.12. The minimum absolute atomic E-state index is 0.0103. The van der Waals surface area contributed by atoms with Crippen LogP contribution in [0.2, 0.25) is 0 Å². The monoisotopic (exact) mass is 199 g/mol. The van der Waals surface area contributed by atoms with Gasteiger partial charge in [-0.15, -0.1) is 0 Å². The van der Waals surface area contributed by atoms with E-state index >= 15 is 0 Å². The summed E-state index contributed by atoms with van der Waals surface area (Å²) < 4.78 is 0. The van der Waals surface area contributed by atoms with E-state index in [0.717, 1.165) is 12.8 Å². The Morgan fingerprint density at radius 2 is 2.07 bits per heavy atom. The molecule has 1 aliphatic rings. The Morgan fingerprint density at radius 3 is 2.50 bits per heavy atom. The van der Waals surface area contributed by atoms with Crippen LogP contribution in [-0.2, 0) is 9.59 Å². The van der Waals surface area contributed by atoms with Crippen molar-refractivity contribution in [3.8, 4) is 0 Å². The molecule has 0 bridgehead atoms. The van der Waals surface area contributed by atoms with Crippen LogP contribution in [0.5, 0.6) is 0 Å². The molecule has 80 valence electrons.